The first-order valence-electron chi connectivity index (χ1n) is 8.81. The van der Waals surface area contributed by atoms with E-state index in [1.54, 1.807) is 12.1 Å². The fraction of sp³-hybridized carbons (Fsp3) is 0.556. The summed E-state index contributed by atoms with van der Waals surface area (Å²) in [6.45, 7) is 3.80. The van der Waals surface area contributed by atoms with E-state index in [1.165, 1.54) is 12.1 Å². The van der Waals surface area contributed by atoms with Crippen molar-refractivity contribution in [3.8, 4) is 0 Å². The van der Waals surface area contributed by atoms with Crippen LogP contribution in [0.5, 0.6) is 0 Å². The van der Waals surface area contributed by atoms with Gasteiger partial charge in [-0.1, -0.05) is 26.0 Å². The van der Waals surface area contributed by atoms with Crippen molar-refractivity contribution in [2.24, 2.45) is 5.92 Å². The summed E-state index contributed by atoms with van der Waals surface area (Å²) in [6, 6.07) is 5.57. The van der Waals surface area contributed by atoms with Gasteiger partial charge < -0.3 is 10.4 Å². The van der Waals surface area contributed by atoms with Gasteiger partial charge in [0.2, 0.25) is 15.9 Å². The van der Waals surface area contributed by atoms with Crippen LogP contribution in [-0.4, -0.2) is 37.5 Å². The molecule has 1 aromatic rings. The van der Waals surface area contributed by atoms with Gasteiger partial charge in [-0.25, -0.2) is 17.9 Å². The number of nitrogens with one attached hydrogen (secondary N) is 2. The number of hydrogen-bond acceptors (Lipinski definition) is 4. The maximum Gasteiger partial charge on any atom is 0.326 e. The maximum absolute atomic E-state index is 12.1. The standard InChI is InChI=1S/C18H26N2O5S/c1-12(2)11-16(18(22)23)19-17(21)10-5-13-3-8-15(9-4-13)26(24,25)20-14-6-7-14/h3-4,8-9,12,14,16,20H,5-7,10-11H2,1-2H3,(H,19,21)(H,22,23)/t16-/m1/s1. The average Bonchev–Trinajstić information content (AvgIpc) is 3.35. The van der Waals surface area contributed by atoms with Gasteiger partial charge in [0.15, 0.2) is 0 Å². The van der Waals surface area contributed by atoms with Crippen LogP contribution in [0.15, 0.2) is 29.2 Å². The van der Waals surface area contributed by atoms with Gasteiger partial charge in [-0.15, -0.1) is 0 Å². The van der Waals surface area contributed by atoms with Gasteiger partial charge in [0, 0.05) is 12.5 Å². The van der Waals surface area contributed by atoms with Crippen LogP contribution in [0, 0.1) is 5.92 Å². The number of benzene rings is 1. The largest absolute Gasteiger partial charge is 0.480 e. The number of rotatable bonds is 10. The normalized spacial score (nSPS) is 15.7. The Balaban J connectivity index is 1.86. The van der Waals surface area contributed by atoms with Crippen molar-refractivity contribution in [1.29, 1.82) is 0 Å². The quantitative estimate of drug-likeness (QED) is 0.570. The number of sulfonamides is 1. The molecule has 8 heteroatoms. The SMILES string of the molecule is CC(C)C[C@@H](NC(=O)CCc1ccc(S(=O)(=O)NC2CC2)cc1)C(=O)O. The summed E-state index contributed by atoms with van der Waals surface area (Å²) in [5.41, 5.74) is 0.821. The molecule has 1 amide bonds. The lowest BCUT2D eigenvalue weighted by Gasteiger charge is -2.16. The molecule has 0 aliphatic heterocycles. The van der Waals surface area contributed by atoms with Crippen molar-refractivity contribution in [1.82, 2.24) is 10.0 Å². The van der Waals surface area contributed by atoms with Crippen LogP contribution in [0.2, 0.25) is 0 Å². The van der Waals surface area contributed by atoms with Gasteiger partial charge in [-0.2, -0.15) is 0 Å². The number of aryl methyl sites for hydroxylation is 1. The second-order valence-corrected chi connectivity index (χ2v) is 8.84. The van der Waals surface area contributed by atoms with Gasteiger partial charge in [-0.3, -0.25) is 4.79 Å². The summed E-state index contributed by atoms with van der Waals surface area (Å²) in [7, 11) is -3.48. The molecule has 2 rings (SSSR count). The van der Waals surface area contributed by atoms with E-state index in [9.17, 15) is 18.0 Å². The molecule has 0 radical (unpaired) electrons. The fourth-order valence-electron chi connectivity index (χ4n) is 2.54. The van der Waals surface area contributed by atoms with E-state index in [4.69, 9.17) is 5.11 Å². The molecule has 1 aliphatic rings. The van der Waals surface area contributed by atoms with Crippen LogP contribution in [0.3, 0.4) is 0 Å². The molecular weight excluding hydrogens is 356 g/mol. The molecule has 0 aromatic heterocycles. The Kier molecular flexibility index (Phi) is 6.77. The molecule has 0 spiro atoms. The van der Waals surface area contributed by atoms with Crippen molar-refractivity contribution < 1.29 is 23.1 Å². The summed E-state index contributed by atoms with van der Waals surface area (Å²) in [5, 5.41) is 11.7. The Bertz CT molecular complexity index is 739. The molecule has 3 N–H and O–H groups in total. The zero-order valence-corrected chi connectivity index (χ0v) is 15.9. The van der Waals surface area contributed by atoms with E-state index < -0.39 is 22.0 Å². The van der Waals surface area contributed by atoms with Crippen molar-refractivity contribution in [3.05, 3.63) is 29.8 Å². The fourth-order valence-corrected chi connectivity index (χ4v) is 3.85. The van der Waals surface area contributed by atoms with Crippen LogP contribution >= 0.6 is 0 Å². The number of carbonyl (C=O) groups excluding carboxylic acids is 1. The van der Waals surface area contributed by atoms with Crippen molar-refractivity contribution in [3.63, 3.8) is 0 Å². The van der Waals surface area contributed by atoms with Crippen molar-refractivity contribution >= 4 is 21.9 Å². The smallest absolute Gasteiger partial charge is 0.326 e. The van der Waals surface area contributed by atoms with Crippen LogP contribution in [0.1, 0.15) is 45.1 Å². The first kappa shape index (κ1) is 20.4. The molecule has 1 saturated carbocycles. The van der Waals surface area contributed by atoms with Gasteiger partial charge in [0.25, 0.3) is 0 Å². The van der Waals surface area contributed by atoms with E-state index in [0.29, 0.717) is 12.8 Å². The predicted molar refractivity (Wildman–Crippen MR) is 97.1 cm³/mol. The topological polar surface area (TPSA) is 113 Å². The molecule has 1 atom stereocenters. The summed E-state index contributed by atoms with van der Waals surface area (Å²) < 4.78 is 26.8. The number of carboxylic acid groups (broad SMARTS) is 1. The number of amides is 1. The minimum absolute atomic E-state index is 0.0522. The lowest BCUT2D eigenvalue weighted by molar-refractivity contribution is -0.142. The Morgan fingerprint density at radius 1 is 1.19 bits per heavy atom. The molecule has 7 nitrogen and oxygen atoms in total. The second-order valence-electron chi connectivity index (χ2n) is 7.13. The molecule has 1 aliphatic carbocycles. The van der Waals surface area contributed by atoms with Gasteiger partial charge in [-0.05, 0) is 49.3 Å². The average molecular weight is 382 g/mol. The second kappa shape index (κ2) is 8.64. The van der Waals surface area contributed by atoms with Crippen LogP contribution in [-0.2, 0) is 26.0 Å². The molecule has 144 valence electrons. The maximum atomic E-state index is 12.1. The lowest BCUT2D eigenvalue weighted by Crippen LogP contribution is -2.41. The molecule has 0 bridgehead atoms. The summed E-state index contributed by atoms with van der Waals surface area (Å²) in [4.78, 5) is 23.4. The number of carboxylic acids is 1. The Labute approximate surface area is 154 Å². The van der Waals surface area contributed by atoms with Gasteiger partial charge >= 0.3 is 5.97 Å². The highest BCUT2D eigenvalue weighted by Gasteiger charge is 2.27. The lowest BCUT2D eigenvalue weighted by atomic mass is 10.0. The zero-order valence-electron chi connectivity index (χ0n) is 15.1. The molecule has 0 heterocycles. The third-order valence-electron chi connectivity index (χ3n) is 4.11. The Morgan fingerprint density at radius 3 is 2.31 bits per heavy atom. The molecule has 1 aromatic carbocycles. The number of carbonyl (C=O) groups is 2. The van der Waals surface area contributed by atoms with Gasteiger partial charge in [0.1, 0.15) is 6.04 Å². The predicted octanol–water partition coefficient (Wildman–Crippen LogP) is 1.68. The first-order chi connectivity index (χ1) is 12.2. The first-order valence-corrected chi connectivity index (χ1v) is 10.3. The van der Waals surface area contributed by atoms with Gasteiger partial charge in [0.05, 0.1) is 4.90 Å². The number of aliphatic carboxylic acids is 1. The molecule has 1 fully saturated rings. The van der Waals surface area contributed by atoms with E-state index in [2.05, 4.69) is 10.0 Å². The molecule has 0 saturated heterocycles. The summed E-state index contributed by atoms with van der Waals surface area (Å²) in [5.74, 6) is -1.20. The highest BCUT2D eigenvalue weighted by Crippen LogP contribution is 2.22. The third kappa shape index (κ3) is 6.42. The van der Waals surface area contributed by atoms with Crippen LogP contribution < -0.4 is 10.0 Å². The Hall–Kier alpha value is -1.93. The summed E-state index contributed by atoms with van der Waals surface area (Å²) in [6.07, 6.45) is 2.69. The van der Waals surface area contributed by atoms with Crippen LogP contribution in [0.25, 0.3) is 0 Å². The minimum atomic E-state index is -3.48. The molecular formula is C18H26N2O5S. The van der Waals surface area contributed by atoms with E-state index >= 15 is 0 Å². The monoisotopic (exact) mass is 382 g/mol. The summed E-state index contributed by atoms with van der Waals surface area (Å²) >= 11 is 0. The Morgan fingerprint density at radius 2 is 1.81 bits per heavy atom. The van der Waals surface area contributed by atoms with Crippen molar-refractivity contribution in [2.75, 3.05) is 0 Å². The molecule has 0 unspecified atom stereocenters. The van der Waals surface area contributed by atoms with Crippen molar-refractivity contribution in [2.45, 2.75) is 62.9 Å². The highest BCUT2D eigenvalue weighted by atomic mass is 32.2. The highest BCUT2D eigenvalue weighted by molar-refractivity contribution is 7.89. The number of hydrogen-bond donors (Lipinski definition) is 3. The van der Waals surface area contributed by atoms with E-state index in [-0.39, 0.29) is 29.2 Å². The zero-order chi connectivity index (χ0) is 19.3. The minimum Gasteiger partial charge on any atom is -0.480 e. The van der Waals surface area contributed by atoms with E-state index in [0.717, 1.165) is 18.4 Å². The third-order valence-corrected chi connectivity index (χ3v) is 5.65. The van der Waals surface area contributed by atoms with Crippen LogP contribution in [0.4, 0.5) is 0 Å². The molecule has 26 heavy (non-hydrogen) atoms. The van der Waals surface area contributed by atoms with E-state index in [1.807, 2.05) is 13.8 Å².